The van der Waals surface area contributed by atoms with E-state index in [0.29, 0.717) is 16.8 Å². The summed E-state index contributed by atoms with van der Waals surface area (Å²) in [6.07, 6.45) is 0. The predicted molar refractivity (Wildman–Crippen MR) is 128 cm³/mol. The van der Waals surface area contributed by atoms with E-state index in [1.807, 2.05) is 49.4 Å². The van der Waals surface area contributed by atoms with Crippen LogP contribution in [0.1, 0.15) is 21.5 Å². The summed E-state index contributed by atoms with van der Waals surface area (Å²) in [6.45, 7) is 1.87. The van der Waals surface area contributed by atoms with Crippen molar-refractivity contribution in [2.45, 2.75) is 6.92 Å². The fraction of sp³-hybridized carbons (Fsp3) is 0.0741. The van der Waals surface area contributed by atoms with Gasteiger partial charge in [0.15, 0.2) is 5.78 Å². The monoisotopic (exact) mass is 463 g/mol. The summed E-state index contributed by atoms with van der Waals surface area (Å²) in [5.74, 6) is -0.850. The molecular formula is C27H20ClF2NO2. The molecule has 0 saturated heterocycles. The van der Waals surface area contributed by atoms with Crippen molar-refractivity contribution >= 4 is 28.8 Å². The number of methoxy groups -OCH3 is 1. The summed E-state index contributed by atoms with van der Waals surface area (Å²) in [6, 6.07) is 21.3. The van der Waals surface area contributed by atoms with Crippen molar-refractivity contribution in [1.82, 2.24) is 0 Å². The Morgan fingerprint density at radius 1 is 0.848 bits per heavy atom. The molecule has 0 amide bonds. The third kappa shape index (κ3) is 4.89. The third-order valence-electron chi connectivity index (χ3n) is 5.33. The van der Waals surface area contributed by atoms with E-state index < -0.39 is 11.6 Å². The highest BCUT2D eigenvalue weighted by Gasteiger charge is 2.17. The quantitative estimate of drug-likeness (QED) is 0.299. The van der Waals surface area contributed by atoms with Gasteiger partial charge in [-0.3, -0.25) is 4.79 Å². The molecule has 0 bridgehead atoms. The number of ketones is 1. The van der Waals surface area contributed by atoms with Crippen molar-refractivity contribution in [2.24, 2.45) is 0 Å². The Morgan fingerprint density at radius 3 is 2.24 bits per heavy atom. The van der Waals surface area contributed by atoms with Crippen molar-refractivity contribution < 1.29 is 18.3 Å². The van der Waals surface area contributed by atoms with Crippen LogP contribution in [0.2, 0.25) is 5.02 Å². The van der Waals surface area contributed by atoms with Gasteiger partial charge in [-0.15, -0.1) is 0 Å². The van der Waals surface area contributed by atoms with Crippen molar-refractivity contribution in [3.8, 4) is 16.9 Å². The maximum atomic E-state index is 13.9. The average molecular weight is 464 g/mol. The minimum absolute atomic E-state index is 0.106. The molecule has 0 unspecified atom stereocenters. The van der Waals surface area contributed by atoms with Crippen LogP contribution in [0.4, 0.5) is 20.2 Å². The van der Waals surface area contributed by atoms with Crippen molar-refractivity contribution in [3.63, 3.8) is 0 Å². The first-order valence-electron chi connectivity index (χ1n) is 10.2. The number of benzene rings is 4. The molecular weight excluding hydrogens is 444 g/mol. The van der Waals surface area contributed by atoms with Crippen LogP contribution in [0.5, 0.6) is 5.75 Å². The molecule has 4 rings (SSSR count). The summed E-state index contributed by atoms with van der Waals surface area (Å²) < 4.78 is 32.3. The number of halogens is 3. The van der Waals surface area contributed by atoms with E-state index in [9.17, 15) is 13.6 Å². The molecule has 0 radical (unpaired) electrons. The van der Waals surface area contributed by atoms with E-state index >= 15 is 0 Å². The summed E-state index contributed by atoms with van der Waals surface area (Å²) in [5, 5.41) is 3.07. The van der Waals surface area contributed by atoms with Gasteiger partial charge in [-0.1, -0.05) is 35.9 Å². The predicted octanol–water partition coefficient (Wildman–Crippen LogP) is 7.58. The Balaban J connectivity index is 1.62. The summed E-state index contributed by atoms with van der Waals surface area (Å²) >= 11 is 6.42. The van der Waals surface area contributed by atoms with Gasteiger partial charge in [0.1, 0.15) is 17.4 Å². The first kappa shape index (κ1) is 22.5. The summed E-state index contributed by atoms with van der Waals surface area (Å²) in [4.78, 5) is 13.3. The Kier molecular flexibility index (Phi) is 6.43. The number of nitrogens with one attached hydrogen (secondary N) is 1. The zero-order valence-corrected chi connectivity index (χ0v) is 18.7. The summed E-state index contributed by atoms with van der Waals surface area (Å²) in [5.41, 5.74) is 4.13. The lowest BCUT2D eigenvalue weighted by atomic mass is 9.94. The topological polar surface area (TPSA) is 38.3 Å². The normalized spacial score (nSPS) is 10.7. The zero-order chi connectivity index (χ0) is 23.5. The number of rotatable bonds is 6. The highest BCUT2D eigenvalue weighted by atomic mass is 35.5. The van der Waals surface area contributed by atoms with Gasteiger partial charge in [0.25, 0.3) is 0 Å². The Bertz CT molecular complexity index is 1340. The molecule has 4 aromatic carbocycles. The number of aryl methyl sites for hydroxylation is 1. The molecule has 1 N–H and O–H groups in total. The van der Waals surface area contributed by atoms with Crippen LogP contribution in [-0.4, -0.2) is 12.9 Å². The van der Waals surface area contributed by atoms with Gasteiger partial charge >= 0.3 is 0 Å². The van der Waals surface area contributed by atoms with E-state index in [2.05, 4.69) is 5.32 Å². The highest BCUT2D eigenvalue weighted by Crippen LogP contribution is 2.30. The molecule has 0 aliphatic rings. The molecule has 0 aliphatic carbocycles. The molecule has 0 spiro atoms. The minimum Gasteiger partial charge on any atom is -0.497 e. The van der Waals surface area contributed by atoms with Crippen molar-refractivity contribution in [2.75, 3.05) is 12.4 Å². The van der Waals surface area contributed by atoms with Gasteiger partial charge in [-0.25, -0.2) is 8.78 Å². The van der Waals surface area contributed by atoms with E-state index in [4.69, 9.17) is 16.3 Å². The van der Waals surface area contributed by atoms with Gasteiger partial charge in [0.05, 0.1) is 17.8 Å². The average Bonchev–Trinajstić information content (AvgIpc) is 2.81. The molecule has 0 heterocycles. The standard InChI is InChI=1S/C27H20ClF2NO2/c1-16-3-4-18(17-5-9-21(33-2)10-6-17)13-23(16)27(32)22-11-8-20(15-24(22)28)31-26-12-7-19(29)14-25(26)30/h3-15,31H,1-2H3. The van der Waals surface area contributed by atoms with Crippen LogP contribution < -0.4 is 10.1 Å². The van der Waals surface area contributed by atoms with Gasteiger partial charge in [0, 0.05) is 22.9 Å². The van der Waals surface area contributed by atoms with E-state index in [-0.39, 0.29) is 16.5 Å². The SMILES string of the molecule is COc1ccc(-c2ccc(C)c(C(=O)c3ccc(Nc4ccc(F)cc4F)cc3Cl)c2)cc1. The van der Waals surface area contributed by atoms with E-state index in [1.165, 1.54) is 6.07 Å². The highest BCUT2D eigenvalue weighted by molar-refractivity contribution is 6.35. The molecule has 0 aromatic heterocycles. The number of anilines is 2. The molecule has 0 fully saturated rings. The van der Waals surface area contributed by atoms with Gasteiger partial charge in [-0.2, -0.15) is 0 Å². The fourth-order valence-electron chi connectivity index (χ4n) is 3.50. The molecule has 0 aliphatic heterocycles. The fourth-order valence-corrected chi connectivity index (χ4v) is 3.76. The second-order valence-corrected chi connectivity index (χ2v) is 7.94. The zero-order valence-electron chi connectivity index (χ0n) is 18.0. The van der Waals surface area contributed by atoms with Gasteiger partial charge in [0.2, 0.25) is 0 Å². The Labute approximate surface area is 195 Å². The first-order chi connectivity index (χ1) is 15.9. The second-order valence-electron chi connectivity index (χ2n) is 7.53. The second kappa shape index (κ2) is 9.43. The molecule has 6 heteroatoms. The number of hydrogen-bond acceptors (Lipinski definition) is 3. The minimum atomic E-state index is -0.725. The summed E-state index contributed by atoms with van der Waals surface area (Å²) in [7, 11) is 1.61. The molecule has 4 aromatic rings. The van der Waals surface area contributed by atoms with Crippen LogP contribution in [0.25, 0.3) is 11.1 Å². The van der Waals surface area contributed by atoms with Gasteiger partial charge < -0.3 is 10.1 Å². The van der Waals surface area contributed by atoms with Crippen molar-refractivity contribution in [3.05, 3.63) is 112 Å². The number of carbonyl (C=O) groups excluding carboxylic acids is 1. The van der Waals surface area contributed by atoms with E-state index in [1.54, 1.807) is 25.3 Å². The lowest BCUT2D eigenvalue weighted by Crippen LogP contribution is -2.05. The molecule has 0 atom stereocenters. The lowest BCUT2D eigenvalue weighted by molar-refractivity contribution is 0.103. The van der Waals surface area contributed by atoms with Crippen LogP contribution >= 0.6 is 11.6 Å². The largest absolute Gasteiger partial charge is 0.497 e. The molecule has 166 valence electrons. The number of carbonyl (C=O) groups is 1. The maximum Gasteiger partial charge on any atom is 0.194 e. The molecule has 33 heavy (non-hydrogen) atoms. The smallest absolute Gasteiger partial charge is 0.194 e. The Morgan fingerprint density at radius 2 is 1.58 bits per heavy atom. The Hall–Kier alpha value is -3.70. The van der Waals surface area contributed by atoms with Crippen molar-refractivity contribution in [1.29, 1.82) is 0 Å². The third-order valence-corrected chi connectivity index (χ3v) is 5.64. The molecule has 0 saturated carbocycles. The number of ether oxygens (including phenoxy) is 1. The van der Waals surface area contributed by atoms with E-state index in [0.717, 1.165) is 34.6 Å². The van der Waals surface area contributed by atoms with Crippen LogP contribution in [0.15, 0.2) is 78.9 Å². The lowest BCUT2D eigenvalue weighted by Gasteiger charge is -2.12. The first-order valence-corrected chi connectivity index (χ1v) is 10.5. The van der Waals surface area contributed by atoms with Crippen LogP contribution in [0, 0.1) is 18.6 Å². The van der Waals surface area contributed by atoms with Crippen LogP contribution in [-0.2, 0) is 0 Å². The van der Waals surface area contributed by atoms with Gasteiger partial charge in [-0.05, 0) is 72.1 Å². The maximum absolute atomic E-state index is 13.9. The molecule has 3 nitrogen and oxygen atoms in total. The van der Waals surface area contributed by atoms with Crippen LogP contribution in [0.3, 0.4) is 0 Å². The number of hydrogen-bond donors (Lipinski definition) is 1.